The monoisotopic (exact) mass is 265 g/mol. The highest BCUT2D eigenvalue weighted by atomic mass is 32.1. The minimum Gasteiger partial charge on any atom is -0.478 e. The molecule has 0 bridgehead atoms. The number of thiophene rings is 1. The van der Waals surface area contributed by atoms with Gasteiger partial charge in [0.05, 0.1) is 6.54 Å². The molecule has 2 aromatic rings. The van der Waals surface area contributed by atoms with Crippen LogP contribution in [0.25, 0.3) is 6.08 Å². The predicted molar refractivity (Wildman–Crippen MR) is 67.6 cm³/mol. The van der Waals surface area contributed by atoms with E-state index in [0.29, 0.717) is 6.54 Å². The van der Waals surface area contributed by atoms with Crippen molar-refractivity contribution in [3.8, 4) is 0 Å². The molecule has 2 rings (SSSR count). The van der Waals surface area contributed by atoms with Gasteiger partial charge in [0.1, 0.15) is 6.33 Å². The molecule has 0 saturated carbocycles. The number of hydrogen-bond acceptors (Lipinski definition) is 4. The summed E-state index contributed by atoms with van der Waals surface area (Å²) >= 11 is 1.43. The predicted octanol–water partition coefficient (Wildman–Crippen LogP) is 0.789. The van der Waals surface area contributed by atoms with Gasteiger partial charge in [-0.25, -0.2) is 14.3 Å². The molecule has 0 spiro atoms. The molecule has 2 aromatic heterocycles. The van der Waals surface area contributed by atoms with Crippen molar-refractivity contribution in [2.45, 2.75) is 6.54 Å². The molecule has 0 fully saturated rings. The van der Waals surface area contributed by atoms with Crippen LogP contribution in [0.5, 0.6) is 0 Å². The summed E-state index contributed by atoms with van der Waals surface area (Å²) in [6, 6.07) is 3.67. The topological polar surface area (TPSA) is 77.1 Å². The van der Waals surface area contributed by atoms with E-state index in [2.05, 4.69) is 5.10 Å². The Morgan fingerprint density at radius 2 is 2.33 bits per heavy atom. The van der Waals surface area contributed by atoms with E-state index in [1.165, 1.54) is 33.0 Å². The molecule has 0 aliphatic heterocycles. The maximum absolute atomic E-state index is 11.6. The van der Waals surface area contributed by atoms with E-state index in [4.69, 9.17) is 5.11 Å². The molecular formula is C11H11N3O3S. The maximum Gasteiger partial charge on any atom is 0.345 e. The van der Waals surface area contributed by atoms with Gasteiger partial charge in [-0.15, -0.1) is 11.3 Å². The van der Waals surface area contributed by atoms with E-state index >= 15 is 0 Å². The lowest BCUT2D eigenvalue weighted by Crippen LogP contribution is -2.23. The SMILES string of the molecule is Cn1cnn(Cc2ccc(/C=C/C(=O)O)s2)c1=O. The molecule has 0 aliphatic rings. The number of nitrogens with zero attached hydrogens (tertiary/aromatic N) is 3. The summed E-state index contributed by atoms with van der Waals surface area (Å²) in [6.07, 6.45) is 4.07. The van der Waals surface area contributed by atoms with Crippen molar-refractivity contribution >= 4 is 23.4 Å². The Bertz CT molecular complexity index is 651. The van der Waals surface area contributed by atoms with E-state index in [1.807, 2.05) is 12.1 Å². The number of carbonyl (C=O) groups is 1. The highest BCUT2D eigenvalue weighted by Crippen LogP contribution is 2.18. The fourth-order valence-corrected chi connectivity index (χ4v) is 2.30. The van der Waals surface area contributed by atoms with Crippen LogP contribution in [0.15, 0.2) is 29.3 Å². The number of aliphatic carboxylic acids is 1. The summed E-state index contributed by atoms with van der Waals surface area (Å²) in [5.74, 6) is -0.981. The van der Waals surface area contributed by atoms with Gasteiger partial charge in [-0.05, 0) is 18.2 Å². The number of carboxylic acid groups (broad SMARTS) is 1. The van der Waals surface area contributed by atoms with Crippen LogP contribution in [-0.2, 0) is 18.4 Å². The van der Waals surface area contributed by atoms with Gasteiger partial charge in [0.2, 0.25) is 0 Å². The second kappa shape index (κ2) is 5.01. The largest absolute Gasteiger partial charge is 0.478 e. The molecule has 6 nitrogen and oxygen atoms in total. The quantitative estimate of drug-likeness (QED) is 0.829. The fraction of sp³-hybridized carbons (Fsp3) is 0.182. The summed E-state index contributed by atoms with van der Waals surface area (Å²) in [4.78, 5) is 23.7. The van der Waals surface area contributed by atoms with Crippen molar-refractivity contribution in [2.75, 3.05) is 0 Å². The standard InChI is InChI=1S/C11H11N3O3S/c1-13-7-12-14(11(13)17)6-9-3-2-8(18-9)4-5-10(15)16/h2-5,7H,6H2,1H3,(H,15,16)/b5-4+. The van der Waals surface area contributed by atoms with Crippen LogP contribution in [-0.4, -0.2) is 25.4 Å². The Labute approximate surface area is 106 Å². The van der Waals surface area contributed by atoms with Crippen LogP contribution >= 0.6 is 11.3 Å². The van der Waals surface area contributed by atoms with Crippen LogP contribution in [0.3, 0.4) is 0 Å². The highest BCUT2D eigenvalue weighted by Gasteiger charge is 2.04. The zero-order valence-corrected chi connectivity index (χ0v) is 10.4. The summed E-state index contributed by atoms with van der Waals surface area (Å²) in [7, 11) is 1.64. The first-order chi connectivity index (χ1) is 8.56. The third-order valence-corrected chi connectivity index (χ3v) is 3.30. The summed E-state index contributed by atoms with van der Waals surface area (Å²) in [5.41, 5.74) is -0.175. The van der Waals surface area contributed by atoms with Crippen LogP contribution in [0.2, 0.25) is 0 Å². The molecule has 0 aromatic carbocycles. The average Bonchev–Trinajstić information content (AvgIpc) is 2.89. The average molecular weight is 265 g/mol. The molecule has 0 aliphatic carbocycles. The number of carboxylic acids is 1. The first kappa shape index (κ1) is 12.3. The van der Waals surface area contributed by atoms with E-state index in [1.54, 1.807) is 7.05 Å². The second-order valence-corrected chi connectivity index (χ2v) is 4.86. The molecule has 18 heavy (non-hydrogen) atoms. The minimum absolute atomic E-state index is 0.175. The Kier molecular flexibility index (Phi) is 3.42. The molecule has 2 heterocycles. The van der Waals surface area contributed by atoms with Crippen LogP contribution in [0.1, 0.15) is 9.75 Å². The van der Waals surface area contributed by atoms with Crippen molar-refractivity contribution in [3.05, 3.63) is 44.8 Å². The van der Waals surface area contributed by atoms with Crippen molar-refractivity contribution in [1.29, 1.82) is 0 Å². The molecular weight excluding hydrogens is 254 g/mol. The van der Waals surface area contributed by atoms with Crippen molar-refractivity contribution < 1.29 is 9.90 Å². The number of aryl methyl sites for hydroxylation is 1. The zero-order chi connectivity index (χ0) is 13.1. The van der Waals surface area contributed by atoms with Gasteiger partial charge in [0.25, 0.3) is 0 Å². The lowest BCUT2D eigenvalue weighted by atomic mass is 10.4. The van der Waals surface area contributed by atoms with Crippen molar-refractivity contribution in [2.24, 2.45) is 7.05 Å². The molecule has 7 heteroatoms. The van der Waals surface area contributed by atoms with Gasteiger partial charge in [0.15, 0.2) is 0 Å². The molecule has 94 valence electrons. The fourth-order valence-electron chi connectivity index (χ4n) is 1.40. The first-order valence-electron chi connectivity index (χ1n) is 5.14. The summed E-state index contributed by atoms with van der Waals surface area (Å²) < 4.78 is 2.76. The van der Waals surface area contributed by atoms with Gasteiger partial charge in [0, 0.05) is 22.9 Å². The van der Waals surface area contributed by atoms with Crippen molar-refractivity contribution in [3.63, 3.8) is 0 Å². The smallest absolute Gasteiger partial charge is 0.345 e. The first-order valence-corrected chi connectivity index (χ1v) is 5.96. The van der Waals surface area contributed by atoms with E-state index < -0.39 is 5.97 Å². The van der Waals surface area contributed by atoms with Crippen LogP contribution in [0.4, 0.5) is 0 Å². The van der Waals surface area contributed by atoms with E-state index in [-0.39, 0.29) is 5.69 Å². The maximum atomic E-state index is 11.6. The third-order valence-electron chi connectivity index (χ3n) is 2.26. The van der Waals surface area contributed by atoms with Crippen LogP contribution in [0, 0.1) is 0 Å². The van der Waals surface area contributed by atoms with Crippen molar-refractivity contribution in [1.82, 2.24) is 14.3 Å². The Balaban J connectivity index is 2.14. The highest BCUT2D eigenvalue weighted by molar-refractivity contribution is 7.12. The Morgan fingerprint density at radius 1 is 1.56 bits per heavy atom. The van der Waals surface area contributed by atoms with Gasteiger partial charge in [-0.3, -0.25) is 4.57 Å². The third kappa shape index (κ3) is 2.75. The molecule has 0 atom stereocenters. The lowest BCUT2D eigenvalue weighted by molar-refractivity contribution is -0.131. The Morgan fingerprint density at radius 3 is 2.94 bits per heavy atom. The number of hydrogen-bond donors (Lipinski definition) is 1. The Hall–Kier alpha value is -2.15. The van der Waals surface area contributed by atoms with Gasteiger partial charge < -0.3 is 5.11 Å². The lowest BCUT2D eigenvalue weighted by Gasteiger charge is -1.94. The second-order valence-electron chi connectivity index (χ2n) is 3.66. The molecule has 0 saturated heterocycles. The number of rotatable bonds is 4. The minimum atomic E-state index is -0.981. The number of aromatic nitrogens is 3. The van der Waals surface area contributed by atoms with Gasteiger partial charge in [-0.2, -0.15) is 5.10 Å². The zero-order valence-electron chi connectivity index (χ0n) is 9.61. The van der Waals surface area contributed by atoms with Gasteiger partial charge >= 0.3 is 11.7 Å². The van der Waals surface area contributed by atoms with E-state index in [0.717, 1.165) is 15.8 Å². The van der Waals surface area contributed by atoms with E-state index in [9.17, 15) is 9.59 Å². The summed E-state index contributed by atoms with van der Waals surface area (Å²) in [5, 5.41) is 12.5. The summed E-state index contributed by atoms with van der Waals surface area (Å²) in [6.45, 7) is 0.394. The van der Waals surface area contributed by atoms with Gasteiger partial charge in [-0.1, -0.05) is 0 Å². The molecule has 0 unspecified atom stereocenters. The molecule has 1 N–H and O–H groups in total. The normalized spacial score (nSPS) is 11.2. The molecule has 0 radical (unpaired) electrons. The molecule has 0 amide bonds. The van der Waals surface area contributed by atoms with Crippen LogP contribution < -0.4 is 5.69 Å².